The minimum Gasteiger partial charge on any atom is -0.394 e. The van der Waals surface area contributed by atoms with Gasteiger partial charge in [0.1, 0.15) is 12.2 Å². The first-order valence-corrected chi connectivity index (χ1v) is 5.40. The standard InChI is InChI=1S/C7H16O3.C3H8O3/c1-2-3-4-6(9)7(10)5-8;4-1-3(6)2-5/h6-10H,2-5H2,1H3;3-6H,1-2H2. The quantitative estimate of drug-likeness (QED) is 0.313. The van der Waals surface area contributed by atoms with Gasteiger partial charge in [0.25, 0.3) is 0 Å². The molecule has 16 heavy (non-hydrogen) atoms. The third-order valence-corrected chi connectivity index (χ3v) is 1.91. The van der Waals surface area contributed by atoms with Crippen LogP contribution in [-0.4, -0.2) is 68.8 Å². The first-order valence-electron chi connectivity index (χ1n) is 5.40. The lowest BCUT2D eigenvalue weighted by molar-refractivity contribution is -0.0183. The fourth-order valence-electron chi connectivity index (χ4n) is 0.785. The van der Waals surface area contributed by atoms with Crippen LogP contribution < -0.4 is 0 Å². The molecule has 0 aromatic carbocycles. The van der Waals surface area contributed by atoms with Crippen molar-refractivity contribution in [2.45, 2.75) is 44.5 Å². The lowest BCUT2D eigenvalue weighted by Gasteiger charge is -2.14. The summed E-state index contributed by atoms with van der Waals surface area (Å²) >= 11 is 0. The Morgan fingerprint density at radius 3 is 1.56 bits per heavy atom. The second-order valence-corrected chi connectivity index (χ2v) is 3.48. The highest BCUT2D eigenvalue weighted by atomic mass is 16.4. The molecule has 0 rings (SSSR count). The van der Waals surface area contributed by atoms with Crippen molar-refractivity contribution in [3.63, 3.8) is 0 Å². The average molecular weight is 240 g/mol. The van der Waals surface area contributed by atoms with E-state index in [-0.39, 0.29) is 19.8 Å². The van der Waals surface area contributed by atoms with E-state index >= 15 is 0 Å². The monoisotopic (exact) mass is 240 g/mol. The fraction of sp³-hybridized carbons (Fsp3) is 1.00. The van der Waals surface area contributed by atoms with Gasteiger partial charge in [-0.2, -0.15) is 0 Å². The SMILES string of the molecule is CCCCC(O)C(O)CO.OCC(O)CO. The van der Waals surface area contributed by atoms with Crippen molar-refractivity contribution in [1.29, 1.82) is 0 Å². The molecule has 0 saturated heterocycles. The van der Waals surface area contributed by atoms with Gasteiger partial charge in [0, 0.05) is 0 Å². The molecule has 2 atom stereocenters. The summed E-state index contributed by atoms with van der Waals surface area (Å²) in [6.45, 7) is 0.927. The minimum atomic E-state index is -0.966. The highest BCUT2D eigenvalue weighted by Gasteiger charge is 2.13. The maximum atomic E-state index is 9.04. The molecule has 0 amide bonds. The molecule has 100 valence electrons. The van der Waals surface area contributed by atoms with Crippen molar-refractivity contribution in [3.8, 4) is 0 Å². The van der Waals surface area contributed by atoms with Gasteiger partial charge in [0.2, 0.25) is 0 Å². The fourth-order valence-corrected chi connectivity index (χ4v) is 0.785. The molecule has 0 aromatic heterocycles. The Morgan fingerprint density at radius 1 is 0.812 bits per heavy atom. The van der Waals surface area contributed by atoms with Crippen molar-refractivity contribution >= 4 is 0 Å². The van der Waals surface area contributed by atoms with Crippen molar-refractivity contribution in [1.82, 2.24) is 0 Å². The van der Waals surface area contributed by atoms with Crippen molar-refractivity contribution < 1.29 is 30.6 Å². The van der Waals surface area contributed by atoms with Gasteiger partial charge in [-0.15, -0.1) is 0 Å². The molecule has 0 radical (unpaired) electrons. The summed E-state index contributed by atoms with van der Waals surface area (Å²) in [5.74, 6) is 0. The Morgan fingerprint density at radius 2 is 1.31 bits per heavy atom. The molecule has 0 spiro atoms. The highest BCUT2D eigenvalue weighted by Crippen LogP contribution is 2.03. The van der Waals surface area contributed by atoms with Crippen LogP contribution >= 0.6 is 0 Å². The van der Waals surface area contributed by atoms with E-state index in [9.17, 15) is 0 Å². The molecule has 0 aliphatic heterocycles. The van der Waals surface area contributed by atoms with Gasteiger partial charge in [-0.05, 0) is 6.42 Å². The largest absolute Gasteiger partial charge is 0.394 e. The average Bonchev–Trinajstić information content (AvgIpc) is 2.34. The number of aliphatic hydroxyl groups is 6. The van der Waals surface area contributed by atoms with Gasteiger partial charge in [-0.25, -0.2) is 0 Å². The summed E-state index contributed by atoms with van der Waals surface area (Å²) in [4.78, 5) is 0. The Labute approximate surface area is 95.8 Å². The topological polar surface area (TPSA) is 121 Å². The molecule has 0 aliphatic carbocycles. The van der Waals surface area contributed by atoms with Crippen LogP contribution in [0, 0.1) is 0 Å². The van der Waals surface area contributed by atoms with Crippen LogP contribution in [0.25, 0.3) is 0 Å². The van der Waals surface area contributed by atoms with Crippen LogP contribution in [0.3, 0.4) is 0 Å². The Balaban J connectivity index is 0. The molecular weight excluding hydrogens is 216 g/mol. The van der Waals surface area contributed by atoms with E-state index in [1.54, 1.807) is 0 Å². The molecule has 0 fully saturated rings. The molecule has 6 N–H and O–H groups in total. The van der Waals surface area contributed by atoms with E-state index in [4.69, 9.17) is 30.6 Å². The summed E-state index contributed by atoms with van der Waals surface area (Å²) in [5.41, 5.74) is 0. The lowest BCUT2D eigenvalue weighted by Crippen LogP contribution is -2.28. The molecule has 0 bridgehead atoms. The van der Waals surface area contributed by atoms with Crippen LogP contribution in [0.1, 0.15) is 26.2 Å². The predicted molar refractivity (Wildman–Crippen MR) is 58.8 cm³/mol. The summed E-state index contributed by atoms with van der Waals surface area (Å²) in [5, 5.41) is 50.3. The van der Waals surface area contributed by atoms with Gasteiger partial charge in [-0.1, -0.05) is 19.8 Å². The van der Waals surface area contributed by atoms with Crippen LogP contribution in [0.4, 0.5) is 0 Å². The zero-order chi connectivity index (χ0) is 13.0. The van der Waals surface area contributed by atoms with Crippen molar-refractivity contribution in [2.75, 3.05) is 19.8 Å². The van der Waals surface area contributed by atoms with E-state index in [1.165, 1.54) is 0 Å². The van der Waals surface area contributed by atoms with E-state index in [2.05, 4.69) is 0 Å². The zero-order valence-corrected chi connectivity index (χ0v) is 9.66. The molecule has 0 heterocycles. The Hall–Kier alpha value is -0.240. The number of aliphatic hydroxyl groups excluding tert-OH is 6. The van der Waals surface area contributed by atoms with E-state index in [1.807, 2.05) is 6.92 Å². The van der Waals surface area contributed by atoms with Gasteiger partial charge in [0.05, 0.1) is 25.9 Å². The van der Waals surface area contributed by atoms with Crippen molar-refractivity contribution in [3.05, 3.63) is 0 Å². The van der Waals surface area contributed by atoms with Gasteiger partial charge in [0.15, 0.2) is 0 Å². The maximum absolute atomic E-state index is 9.04. The van der Waals surface area contributed by atoms with Crippen LogP contribution in [-0.2, 0) is 0 Å². The molecule has 0 aromatic rings. The van der Waals surface area contributed by atoms with Crippen LogP contribution in [0.15, 0.2) is 0 Å². The maximum Gasteiger partial charge on any atom is 0.103 e. The Bertz CT molecular complexity index is 128. The number of hydrogen-bond acceptors (Lipinski definition) is 6. The smallest absolute Gasteiger partial charge is 0.103 e. The summed E-state index contributed by atoms with van der Waals surface area (Å²) in [6, 6.07) is 0. The number of hydrogen-bond donors (Lipinski definition) is 6. The third kappa shape index (κ3) is 11.8. The molecule has 0 aliphatic rings. The van der Waals surface area contributed by atoms with Crippen LogP contribution in [0.2, 0.25) is 0 Å². The van der Waals surface area contributed by atoms with E-state index < -0.39 is 18.3 Å². The summed E-state index contributed by atoms with van der Waals surface area (Å²) < 4.78 is 0. The van der Waals surface area contributed by atoms with Gasteiger partial charge in [-0.3, -0.25) is 0 Å². The van der Waals surface area contributed by atoms with Gasteiger partial charge < -0.3 is 30.6 Å². The number of unbranched alkanes of at least 4 members (excludes halogenated alkanes) is 1. The number of rotatable bonds is 7. The first-order chi connectivity index (χ1) is 7.53. The minimum absolute atomic E-state index is 0.356. The molecular formula is C10H24O6. The lowest BCUT2D eigenvalue weighted by atomic mass is 10.1. The van der Waals surface area contributed by atoms with Crippen molar-refractivity contribution in [2.24, 2.45) is 0 Å². The second-order valence-electron chi connectivity index (χ2n) is 3.48. The first kappa shape index (κ1) is 18.1. The third-order valence-electron chi connectivity index (χ3n) is 1.91. The molecule has 6 heteroatoms. The Kier molecular flexibility index (Phi) is 14.5. The molecule has 0 saturated carbocycles. The summed E-state index contributed by atoms with van der Waals surface area (Å²) in [6.07, 6.45) is -0.229. The van der Waals surface area contributed by atoms with E-state index in [0.29, 0.717) is 6.42 Å². The second kappa shape index (κ2) is 12.8. The predicted octanol–water partition coefficient (Wildman–Crippen LogP) is -1.78. The highest BCUT2D eigenvalue weighted by molar-refractivity contribution is 4.64. The normalized spacial score (nSPS) is 14.2. The molecule has 6 nitrogen and oxygen atoms in total. The summed E-state index contributed by atoms with van der Waals surface area (Å²) in [7, 11) is 0. The van der Waals surface area contributed by atoms with Gasteiger partial charge >= 0.3 is 0 Å². The van der Waals surface area contributed by atoms with Crippen LogP contribution in [0.5, 0.6) is 0 Å². The zero-order valence-electron chi connectivity index (χ0n) is 9.66. The van der Waals surface area contributed by atoms with E-state index in [0.717, 1.165) is 12.8 Å². The molecule has 2 unspecified atom stereocenters.